The van der Waals surface area contributed by atoms with Crippen LogP contribution in [-0.4, -0.2) is 34.9 Å². The summed E-state index contributed by atoms with van der Waals surface area (Å²) in [6.45, 7) is 5.89. The number of likely N-dealkylation sites (tertiary alicyclic amines) is 1. The van der Waals surface area contributed by atoms with Gasteiger partial charge in [-0.25, -0.2) is 0 Å². The van der Waals surface area contributed by atoms with Gasteiger partial charge in [0, 0.05) is 37.4 Å². The van der Waals surface area contributed by atoms with Gasteiger partial charge in [-0.15, -0.1) is 0 Å². The Morgan fingerprint density at radius 2 is 2.39 bits per heavy atom. The number of hydrogen-bond acceptors (Lipinski definition) is 2. The molecular weight excluding hydrogens is 226 g/mol. The van der Waals surface area contributed by atoms with Crippen LogP contribution in [-0.2, 0) is 11.2 Å². The summed E-state index contributed by atoms with van der Waals surface area (Å²) in [5.41, 5.74) is 7.40. The van der Waals surface area contributed by atoms with Crippen molar-refractivity contribution in [3.05, 3.63) is 24.0 Å². The number of aromatic nitrogens is 1. The Balaban J connectivity index is 1.83. The first-order chi connectivity index (χ1) is 8.49. The molecule has 1 aliphatic rings. The maximum absolute atomic E-state index is 12.1. The number of carbonyl (C=O) groups excluding carboxylic acids is 1. The zero-order valence-electron chi connectivity index (χ0n) is 11.3. The fourth-order valence-corrected chi connectivity index (χ4v) is 2.33. The van der Waals surface area contributed by atoms with Gasteiger partial charge in [0.05, 0.1) is 0 Å². The normalized spacial score (nSPS) is 23.1. The number of amides is 1. The molecule has 2 rings (SSSR count). The van der Waals surface area contributed by atoms with Gasteiger partial charge in [-0.1, -0.05) is 13.8 Å². The summed E-state index contributed by atoms with van der Waals surface area (Å²) in [6.07, 6.45) is 4.22. The van der Waals surface area contributed by atoms with Gasteiger partial charge in [0.2, 0.25) is 5.91 Å². The molecule has 1 aromatic rings. The predicted molar refractivity (Wildman–Crippen MR) is 72.1 cm³/mol. The highest BCUT2D eigenvalue weighted by Gasteiger charge is 2.34. The van der Waals surface area contributed by atoms with Crippen molar-refractivity contribution in [1.82, 2.24) is 9.88 Å². The third-order valence-electron chi connectivity index (χ3n) is 4.07. The molecule has 1 atom stereocenters. The van der Waals surface area contributed by atoms with E-state index in [1.165, 1.54) is 0 Å². The molecule has 4 heteroatoms. The van der Waals surface area contributed by atoms with E-state index in [4.69, 9.17) is 5.73 Å². The van der Waals surface area contributed by atoms with E-state index >= 15 is 0 Å². The number of rotatable bonds is 3. The van der Waals surface area contributed by atoms with Crippen molar-refractivity contribution in [1.29, 1.82) is 0 Å². The average Bonchev–Trinajstić information content (AvgIpc) is 2.82. The standard InChI is InChI=1S/C14H23N3O/c1-14(2)7-9-17(10-12(14)15)13(18)6-5-11-4-3-8-16-11/h3-4,8,12,16H,5-7,9-10,15H2,1-2H3. The first-order valence-corrected chi connectivity index (χ1v) is 6.65. The smallest absolute Gasteiger partial charge is 0.223 e. The van der Waals surface area contributed by atoms with Crippen LogP contribution in [0.1, 0.15) is 32.4 Å². The lowest BCUT2D eigenvalue weighted by Crippen LogP contribution is -2.54. The predicted octanol–water partition coefficient (Wildman–Crippen LogP) is 1.53. The molecule has 100 valence electrons. The van der Waals surface area contributed by atoms with Gasteiger partial charge in [-0.2, -0.15) is 0 Å². The Labute approximate surface area is 109 Å². The molecule has 1 saturated heterocycles. The molecule has 0 saturated carbocycles. The van der Waals surface area contributed by atoms with Crippen LogP contribution < -0.4 is 5.73 Å². The van der Waals surface area contributed by atoms with Gasteiger partial charge in [0.1, 0.15) is 0 Å². The van der Waals surface area contributed by atoms with Gasteiger partial charge in [-0.05, 0) is 30.4 Å². The molecule has 0 spiro atoms. The molecule has 3 N–H and O–H groups in total. The van der Waals surface area contributed by atoms with Crippen LogP contribution in [0, 0.1) is 5.41 Å². The largest absolute Gasteiger partial charge is 0.365 e. The van der Waals surface area contributed by atoms with Crippen molar-refractivity contribution < 1.29 is 4.79 Å². The van der Waals surface area contributed by atoms with Crippen LogP contribution in [0.25, 0.3) is 0 Å². The maximum atomic E-state index is 12.1. The molecule has 1 unspecified atom stereocenters. The first-order valence-electron chi connectivity index (χ1n) is 6.65. The minimum absolute atomic E-state index is 0.0840. The highest BCUT2D eigenvalue weighted by molar-refractivity contribution is 5.76. The van der Waals surface area contributed by atoms with Gasteiger partial charge in [0.15, 0.2) is 0 Å². The zero-order valence-corrected chi connectivity index (χ0v) is 11.3. The molecular formula is C14H23N3O. The first kappa shape index (κ1) is 13.1. The Bertz CT molecular complexity index is 397. The third kappa shape index (κ3) is 2.93. The minimum Gasteiger partial charge on any atom is -0.365 e. The average molecular weight is 249 g/mol. The van der Waals surface area contributed by atoms with E-state index in [0.717, 1.165) is 25.1 Å². The lowest BCUT2D eigenvalue weighted by molar-refractivity contribution is -0.133. The Morgan fingerprint density at radius 1 is 1.61 bits per heavy atom. The molecule has 18 heavy (non-hydrogen) atoms. The SMILES string of the molecule is CC1(C)CCN(C(=O)CCc2ccc[nH]2)CC1N. The number of aryl methyl sites for hydroxylation is 1. The second-order valence-electron chi connectivity index (χ2n) is 5.88. The van der Waals surface area contributed by atoms with Crippen LogP contribution in [0.5, 0.6) is 0 Å². The van der Waals surface area contributed by atoms with Crippen LogP contribution in [0.3, 0.4) is 0 Å². The molecule has 1 aliphatic heterocycles. The molecule has 0 aliphatic carbocycles. The molecule has 1 amide bonds. The number of H-pyrrole nitrogens is 1. The Hall–Kier alpha value is -1.29. The number of hydrogen-bond donors (Lipinski definition) is 2. The molecule has 1 fully saturated rings. The number of nitrogens with one attached hydrogen (secondary N) is 1. The Morgan fingerprint density at radius 3 is 3.00 bits per heavy atom. The summed E-state index contributed by atoms with van der Waals surface area (Å²) in [5, 5.41) is 0. The maximum Gasteiger partial charge on any atom is 0.223 e. The molecule has 4 nitrogen and oxygen atoms in total. The number of aromatic amines is 1. The van der Waals surface area contributed by atoms with E-state index < -0.39 is 0 Å². The van der Waals surface area contributed by atoms with Crippen molar-refractivity contribution in [2.75, 3.05) is 13.1 Å². The summed E-state index contributed by atoms with van der Waals surface area (Å²) in [6, 6.07) is 4.05. The van der Waals surface area contributed by atoms with E-state index in [9.17, 15) is 4.79 Å². The molecule has 0 radical (unpaired) electrons. The topological polar surface area (TPSA) is 62.1 Å². The number of piperidine rings is 1. The van der Waals surface area contributed by atoms with E-state index in [-0.39, 0.29) is 17.4 Å². The second kappa shape index (κ2) is 5.14. The van der Waals surface area contributed by atoms with Crippen molar-refractivity contribution in [2.45, 2.75) is 39.2 Å². The van der Waals surface area contributed by atoms with Gasteiger partial charge < -0.3 is 15.6 Å². The lowest BCUT2D eigenvalue weighted by atomic mass is 9.78. The van der Waals surface area contributed by atoms with E-state index in [1.54, 1.807) is 0 Å². The molecule has 1 aromatic heterocycles. The quantitative estimate of drug-likeness (QED) is 0.853. The third-order valence-corrected chi connectivity index (χ3v) is 4.07. The van der Waals surface area contributed by atoms with Crippen LogP contribution in [0.4, 0.5) is 0 Å². The van der Waals surface area contributed by atoms with E-state index in [0.29, 0.717) is 13.0 Å². The van der Waals surface area contributed by atoms with E-state index in [2.05, 4.69) is 18.8 Å². The van der Waals surface area contributed by atoms with Crippen molar-refractivity contribution in [3.63, 3.8) is 0 Å². The van der Waals surface area contributed by atoms with E-state index in [1.807, 2.05) is 23.2 Å². The lowest BCUT2D eigenvalue weighted by Gasteiger charge is -2.42. The number of nitrogens with two attached hydrogens (primary N) is 1. The monoisotopic (exact) mass is 249 g/mol. The van der Waals surface area contributed by atoms with Crippen molar-refractivity contribution in [3.8, 4) is 0 Å². The number of carbonyl (C=O) groups is 1. The summed E-state index contributed by atoms with van der Waals surface area (Å²) < 4.78 is 0. The molecule has 0 aromatic carbocycles. The second-order valence-corrected chi connectivity index (χ2v) is 5.88. The van der Waals surface area contributed by atoms with Crippen LogP contribution >= 0.6 is 0 Å². The highest BCUT2D eigenvalue weighted by atomic mass is 16.2. The highest BCUT2D eigenvalue weighted by Crippen LogP contribution is 2.29. The summed E-state index contributed by atoms with van der Waals surface area (Å²) >= 11 is 0. The zero-order chi connectivity index (χ0) is 13.2. The fourth-order valence-electron chi connectivity index (χ4n) is 2.33. The summed E-state index contributed by atoms with van der Waals surface area (Å²) in [4.78, 5) is 17.1. The van der Waals surface area contributed by atoms with Gasteiger partial charge in [-0.3, -0.25) is 4.79 Å². The van der Waals surface area contributed by atoms with Crippen molar-refractivity contribution in [2.24, 2.45) is 11.1 Å². The van der Waals surface area contributed by atoms with Crippen LogP contribution in [0.15, 0.2) is 18.3 Å². The van der Waals surface area contributed by atoms with Gasteiger partial charge in [0.25, 0.3) is 0 Å². The molecule has 0 bridgehead atoms. The van der Waals surface area contributed by atoms with Crippen molar-refractivity contribution >= 4 is 5.91 Å². The summed E-state index contributed by atoms with van der Waals surface area (Å²) in [5.74, 6) is 0.218. The molecule has 2 heterocycles. The Kier molecular flexibility index (Phi) is 3.76. The van der Waals surface area contributed by atoms with Gasteiger partial charge >= 0.3 is 0 Å². The number of nitrogens with zero attached hydrogens (tertiary/aromatic N) is 1. The fraction of sp³-hybridized carbons (Fsp3) is 0.643. The summed E-state index contributed by atoms with van der Waals surface area (Å²) in [7, 11) is 0. The van der Waals surface area contributed by atoms with Crippen LogP contribution in [0.2, 0.25) is 0 Å². The minimum atomic E-state index is 0.0840.